The van der Waals surface area contributed by atoms with E-state index < -0.39 is 16.5 Å². The summed E-state index contributed by atoms with van der Waals surface area (Å²) in [6, 6.07) is 1.04. The minimum atomic E-state index is -0.790. The van der Waals surface area contributed by atoms with Gasteiger partial charge < -0.3 is 9.72 Å². The van der Waals surface area contributed by atoms with Crippen molar-refractivity contribution in [3.63, 3.8) is 0 Å². The van der Waals surface area contributed by atoms with Crippen LogP contribution >= 0.6 is 0 Å². The second-order valence-electron chi connectivity index (χ2n) is 3.46. The number of carbonyl (C=O) groups is 1. The van der Waals surface area contributed by atoms with E-state index in [9.17, 15) is 19.7 Å². The molecular weight excluding hydrogens is 256 g/mol. The number of nitro groups is 1. The molecule has 0 aliphatic carbocycles. The molecule has 2 aromatic heterocycles. The number of esters is 1. The van der Waals surface area contributed by atoms with Crippen LogP contribution in [0.1, 0.15) is 17.5 Å². The van der Waals surface area contributed by atoms with E-state index in [4.69, 9.17) is 0 Å². The normalized spacial score (nSPS) is 10.4. The molecule has 0 spiro atoms. The smallest absolute Gasteiger partial charge is 0.374 e. The Kier molecular flexibility index (Phi) is 3.19. The molecule has 0 saturated heterocycles. The molecule has 2 heterocycles. The van der Waals surface area contributed by atoms with Crippen LogP contribution in [0.5, 0.6) is 0 Å². The highest BCUT2D eigenvalue weighted by molar-refractivity contribution is 5.87. The standard InChI is InChI=1S/C10H8N4O5/c1-2-19-10(16)8-12-7-6(9(15)13-8)3-5(4-11-7)14(17)18/h3-4H,2H2,1H3,(H,11,12,13,15). The molecule has 9 heteroatoms. The van der Waals surface area contributed by atoms with Crippen LogP contribution in [0.25, 0.3) is 11.0 Å². The van der Waals surface area contributed by atoms with Crippen molar-refractivity contribution in [2.45, 2.75) is 6.92 Å². The Morgan fingerprint density at radius 2 is 2.32 bits per heavy atom. The third-order valence-electron chi connectivity index (χ3n) is 2.23. The minimum Gasteiger partial charge on any atom is -0.460 e. The number of nitrogens with zero attached hydrogens (tertiary/aromatic N) is 3. The van der Waals surface area contributed by atoms with Gasteiger partial charge in [0.05, 0.1) is 16.9 Å². The molecule has 0 fully saturated rings. The fourth-order valence-electron chi connectivity index (χ4n) is 1.41. The molecule has 2 rings (SSSR count). The van der Waals surface area contributed by atoms with Gasteiger partial charge in [0.2, 0.25) is 5.82 Å². The van der Waals surface area contributed by atoms with Crippen LogP contribution in [0, 0.1) is 10.1 Å². The van der Waals surface area contributed by atoms with Crippen LogP contribution in [-0.4, -0.2) is 32.5 Å². The Bertz CT molecular complexity index is 723. The zero-order valence-corrected chi connectivity index (χ0v) is 9.74. The maximum absolute atomic E-state index is 11.7. The lowest BCUT2D eigenvalue weighted by molar-refractivity contribution is -0.385. The van der Waals surface area contributed by atoms with Gasteiger partial charge >= 0.3 is 5.97 Å². The summed E-state index contributed by atoms with van der Waals surface area (Å²) in [5.74, 6) is -1.08. The van der Waals surface area contributed by atoms with Crippen LogP contribution in [0.15, 0.2) is 17.1 Å². The number of fused-ring (bicyclic) bond motifs is 1. The molecule has 2 aromatic rings. The zero-order chi connectivity index (χ0) is 14.0. The maximum Gasteiger partial charge on any atom is 0.374 e. The van der Waals surface area contributed by atoms with E-state index in [1.54, 1.807) is 6.92 Å². The summed E-state index contributed by atoms with van der Waals surface area (Å²) < 4.78 is 4.69. The van der Waals surface area contributed by atoms with E-state index in [2.05, 4.69) is 19.7 Å². The maximum atomic E-state index is 11.7. The van der Waals surface area contributed by atoms with Crippen molar-refractivity contribution < 1.29 is 14.5 Å². The monoisotopic (exact) mass is 264 g/mol. The highest BCUT2D eigenvalue weighted by Gasteiger charge is 2.15. The number of carbonyl (C=O) groups excluding carboxylic acids is 1. The summed E-state index contributed by atoms with van der Waals surface area (Å²) in [6.45, 7) is 1.74. The average molecular weight is 264 g/mol. The van der Waals surface area contributed by atoms with Gasteiger partial charge in [-0.2, -0.15) is 0 Å². The minimum absolute atomic E-state index is 0.0580. The van der Waals surface area contributed by atoms with Gasteiger partial charge in [-0.05, 0) is 6.92 Å². The van der Waals surface area contributed by atoms with Crippen molar-refractivity contribution in [1.29, 1.82) is 0 Å². The SMILES string of the molecule is CCOC(=O)c1nc2ncc([N+](=O)[O-])cc2c(=O)[nH]1. The molecule has 0 saturated carbocycles. The highest BCUT2D eigenvalue weighted by atomic mass is 16.6. The molecule has 98 valence electrons. The molecule has 0 unspecified atom stereocenters. The first-order chi connectivity index (χ1) is 9.02. The topological polar surface area (TPSA) is 128 Å². The third-order valence-corrected chi connectivity index (χ3v) is 2.23. The summed E-state index contributed by atoms with van der Waals surface area (Å²) in [6.07, 6.45) is 0.962. The fraction of sp³-hybridized carbons (Fsp3) is 0.200. The fourth-order valence-corrected chi connectivity index (χ4v) is 1.41. The molecular formula is C10H8N4O5. The van der Waals surface area contributed by atoms with Gasteiger partial charge in [-0.15, -0.1) is 0 Å². The number of H-pyrrole nitrogens is 1. The first-order valence-electron chi connectivity index (χ1n) is 5.24. The van der Waals surface area contributed by atoms with Crippen LogP contribution in [0.3, 0.4) is 0 Å². The zero-order valence-electron chi connectivity index (χ0n) is 9.74. The van der Waals surface area contributed by atoms with Crippen molar-refractivity contribution in [2.75, 3.05) is 6.61 Å². The van der Waals surface area contributed by atoms with Crippen molar-refractivity contribution in [1.82, 2.24) is 15.0 Å². The molecule has 0 atom stereocenters. The summed E-state index contributed by atoms with van der Waals surface area (Å²) in [4.78, 5) is 42.7. The summed E-state index contributed by atoms with van der Waals surface area (Å²) in [5.41, 5.74) is -1.08. The van der Waals surface area contributed by atoms with Gasteiger partial charge in [-0.3, -0.25) is 14.9 Å². The summed E-state index contributed by atoms with van der Waals surface area (Å²) in [5, 5.41) is 10.5. The summed E-state index contributed by atoms with van der Waals surface area (Å²) >= 11 is 0. The molecule has 0 aliphatic rings. The number of ether oxygens (including phenoxy) is 1. The van der Waals surface area contributed by atoms with E-state index in [0.29, 0.717) is 0 Å². The average Bonchev–Trinajstić information content (AvgIpc) is 2.38. The second kappa shape index (κ2) is 4.80. The molecule has 1 N–H and O–H groups in total. The Balaban J connectivity index is 2.59. The molecule has 0 aliphatic heterocycles. The highest BCUT2D eigenvalue weighted by Crippen LogP contribution is 2.13. The Hall–Kier alpha value is -2.84. The Labute approximate surface area is 105 Å². The lowest BCUT2D eigenvalue weighted by atomic mass is 10.3. The van der Waals surface area contributed by atoms with Gasteiger partial charge in [0.15, 0.2) is 5.65 Å². The second-order valence-corrected chi connectivity index (χ2v) is 3.46. The lowest BCUT2D eigenvalue weighted by Crippen LogP contribution is -2.18. The van der Waals surface area contributed by atoms with Crippen molar-refractivity contribution >= 4 is 22.7 Å². The van der Waals surface area contributed by atoms with Gasteiger partial charge in [-0.1, -0.05) is 0 Å². The number of nitrogens with one attached hydrogen (secondary N) is 1. The first kappa shape index (κ1) is 12.6. The Morgan fingerprint density at radius 3 is 2.95 bits per heavy atom. The molecule has 0 aromatic carbocycles. The molecule has 9 nitrogen and oxygen atoms in total. The van der Waals surface area contributed by atoms with Crippen LogP contribution in [-0.2, 0) is 4.74 Å². The van der Waals surface area contributed by atoms with Gasteiger partial charge in [0.25, 0.3) is 11.2 Å². The van der Waals surface area contributed by atoms with E-state index >= 15 is 0 Å². The Morgan fingerprint density at radius 1 is 1.58 bits per heavy atom. The van der Waals surface area contributed by atoms with Gasteiger partial charge in [0, 0.05) is 6.07 Å². The number of hydrogen-bond acceptors (Lipinski definition) is 7. The van der Waals surface area contributed by atoms with Gasteiger partial charge in [-0.25, -0.2) is 14.8 Å². The van der Waals surface area contributed by atoms with Crippen LogP contribution < -0.4 is 5.56 Å². The molecule has 19 heavy (non-hydrogen) atoms. The third kappa shape index (κ3) is 2.39. The molecule has 0 amide bonds. The van der Waals surface area contributed by atoms with Crippen molar-refractivity contribution in [3.05, 3.63) is 38.6 Å². The van der Waals surface area contributed by atoms with Crippen LogP contribution in [0.2, 0.25) is 0 Å². The number of aromatic amines is 1. The predicted octanol–water partition coefficient (Wildman–Crippen LogP) is 0.403. The van der Waals surface area contributed by atoms with Crippen molar-refractivity contribution in [3.8, 4) is 0 Å². The molecule has 0 radical (unpaired) electrons. The largest absolute Gasteiger partial charge is 0.460 e. The number of hydrogen-bond donors (Lipinski definition) is 1. The number of rotatable bonds is 3. The van der Waals surface area contributed by atoms with Crippen LogP contribution in [0.4, 0.5) is 5.69 Å². The van der Waals surface area contributed by atoms with Gasteiger partial charge in [0.1, 0.15) is 6.20 Å². The first-order valence-corrected chi connectivity index (χ1v) is 5.24. The van der Waals surface area contributed by atoms with Crippen molar-refractivity contribution in [2.24, 2.45) is 0 Å². The van der Waals surface area contributed by atoms with E-state index in [-0.39, 0.29) is 29.2 Å². The lowest BCUT2D eigenvalue weighted by Gasteiger charge is -2.01. The number of aromatic nitrogens is 3. The summed E-state index contributed by atoms with van der Waals surface area (Å²) in [7, 11) is 0. The number of pyridine rings is 1. The van der Waals surface area contributed by atoms with E-state index in [0.717, 1.165) is 12.3 Å². The van der Waals surface area contributed by atoms with E-state index in [1.165, 1.54) is 0 Å². The predicted molar refractivity (Wildman–Crippen MR) is 62.8 cm³/mol. The quantitative estimate of drug-likeness (QED) is 0.482. The van der Waals surface area contributed by atoms with E-state index in [1.807, 2.05) is 0 Å². The molecule has 0 bridgehead atoms.